The molecule has 1 aromatic rings. The van der Waals surface area contributed by atoms with E-state index in [4.69, 9.17) is 0 Å². The predicted octanol–water partition coefficient (Wildman–Crippen LogP) is 0.400. The molecule has 0 aromatic carbocycles. The molecule has 92 valence electrons. The van der Waals surface area contributed by atoms with Crippen LogP contribution in [0, 0.1) is 10.1 Å². The second-order valence-corrected chi connectivity index (χ2v) is 3.33. The lowest BCUT2D eigenvalue weighted by atomic mass is 10.2. The summed E-state index contributed by atoms with van der Waals surface area (Å²) in [5.74, 6) is -1.57. The van der Waals surface area contributed by atoms with Gasteiger partial charge in [-0.05, 0) is 19.9 Å². The van der Waals surface area contributed by atoms with E-state index in [9.17, 15) is 19.7 Å². The first-order valence-corrected chi connectivity index (χ1v) is 4.72. The fraction of sp³-hybridized carbons (Fsp3) is 0.333. The molecule has 0 radical (unpaired) electrons. The van der Waals surface area contributed by atoms with E-state index < -0.39 is 22.8 Å². The molecule has 1 heterocycles. The summed E-state index contributed by atoms with van der Waals surface area (Å²) in [5, 5.41) is 10.3. The highest BCUT2D eigenvalue weighted by Crippen LogP contribution is 2.14. The molecule has 17 heavy (non-hydrogen) atoms. The van der Waals surface area contributed by atoms with Crippen LogP contribution in [0.2, 0.25) is 0 Å². The van der Waals surface area contributed by atoms with E-state index in [0.29, 0.717) is 0 Å². The van der Waals surface area contributed by atoms with E-state index in [2.05, 4.69) is 15.3 Å². The highest BCUT2D eigenvalue weighted by atomic mass is 16.6. The molecular weight excluding hydrogens is 230 g/mol. The number of ketones is 1. The summed E-state index contributed by atoms with van der Waals surface area (Å²) in [5.41, 5.74) is 4.65. The number of hydrazine groups is 1. The van der Waals surface area contributed by atoms with Crippen molar-refractivity contribution in [1.82, 2.24) is 10.9 Å². The molecule has 0 aliphatic carbocycles. The third-order valence-electron chi connectivity index (χ3n) is 2.01. The monoisotopic (exact) mass is 241 g/mol. The van der Waals surface area contributed by atoms with Crippen LogP contribution in [0.25, 0.3) is 0 Å². The Labute approximate surface area is 96.1 Å². The number of nitrogens with zero attached hydrogens (tertiary/aromatic N) is 1. The van der Waals surface area contributed by atoms with Crippen LogP contribution in [0.1, 0.15) is 24.4 Å². The molecule has 0 bridgehead atoms. The predicted molar refractivity (Wildman–Crippen MR) is 56.1 cm³/mol. The van der Waals surface area contributed by atoms with E-state index in [-0.39, 0.29) is 11.5 Å². The van der Waals surface area contributed by atoms with Gasteiger partial charge in [-0.1, -0.05) is 0 Å². The number of carbonyl (C=O) groups excluding carboxylic acids is 2. The number of amides is 1. The summed E-state index contributed by atoms with van der Waals surface area (Å²) in [6, 6.07) is 1.69. The van der Waals surface area contributed by atoms with Gasteiger partial charge in [-0.25, -0.2) is 5.43 Å². The van der Waals surface area contributed by atoms with Crippen molar-refractivity contribution >= 4 is 17.6 Å². The van der Waals surface area contributed by atoms with E-state index >= 15 is 0 Å². The minimum Gasteiger partial charge on any atom is -0.395 e. The van der Waals surface area contributed by atoms with Gasteiger partial charge in [0.05, 0.1) is 12.1 Å². The molecule has 2 N–H and O–H groups in total. The maximum atomic E-state index is 11.4. The number of Topliss-reactive ketones (excluding diaryl/α,β-unsaturated/α-hetero) is 1. The third kappa shape index (κ3) is 3.38. The van der Waals surface area contributed by atoms with Gasteiger partial charge in [0.2, 0.25) is 0 Å². The normalized spacial score (nSPS) is 11.9. The largest absolute Gasteiger partial charge is 0.433 e. The molecule has 8 nitrogen and oxygen atoms in total. The molecule has 1 atom stereocenters. The van der Waals surface area contributed by atoms with Crippen LogP contribution < -0.4 is 10.9 Å². The lowest BCUT2D eigenvalue weighted by Gasteiger charge is -2.10. The average molecular weight is 241 g/mol. The number of furan rings is 1. The first-order valence-electron chi connectivity index (χ1n) is 4.72. The molecule has 0 fully saturated rings. The topological polar surface area (TPSA) is 114 Å². The summed E-state index contributed by atoms with van der Waals surface area (Å²) < 4.78 is 4.66. The number of hydrogen-bond donors (Lipinski definition) is 2. The van der Waals surface area contributed by atoms with Gasteiger partial charge in [-0.2, -0.15) is 0 Å². The maximum Gasteiger partial charge on any atom is 0.433 e. The van der Waals surface area contributed by atoms with E-state index in [1.54, 1.807) is 6.92 Å². The lowest BCUT2D eigenvalue weighted by Crippen LogP contribution is -2.45. The van der Waals surface area contributed by atoms with E-state index in [1.165, 1.54) is 13.0 Å². The summed E-state index contributed by atoms with van der Waals surface area (Å²) in [6.45, 7) is 2.93. The number of carbonyl (C=O) groups is 2. The van der Waals surface area contributed by atoms with Crippen molar-refractivity contribution in [3.63, 3.8) is 0 Å². The van der Waals surface area contributed by atoms with Crippen LogP contribution in [-0.2, 0) is 4.79 Å². The van der Waals surface area contributed by atoms with Gasteiger partial charge in [-0.3, -0.25) is 25.1 Å². The Kier molecular flexibility index (Phi) is 3.94. The van der Waals surface area contributed by atoms with Gasteiger partial charge in [0.1, 0.15) is 10.7 Å². The number of nitro groups is 1. The SMILES string of the molecule is CC(=O)C(C)NNC(=O)c1ccc([N+](=O)[O-])o1. The second kappa shape index (κ2) is 5.21. The smallest absolute Gasteiger partial charge is 0.395 e. The van der Waals surface area contributed by atoms with Gasteiger partial charge < -0.3 is 4.42 Å². The van der Waals surface area contributed by atoms with Crippen molar-refractivity contribution in [2.45, 2.75) is 19.9 Å². The molecule has 0 saturated carbocycles. The number of nitrogens with one attached hydrogen (secondary N) is 2. The molecule has 8 heteroatoms. The zero-order valence-electron chi connectivity index (χ0n) is 9.22. The molecule has 1 amide bonds. The van der Waals surface area contributed by atoms with Gasteiger partial charge in [-0.15, -0.1) is 0 Å². The van der Waals surface area contributed by atoms with Crippen molar-refractivity contribution in [2.75, 3.05) is 0 Å². The zero-order chi connectivity index (χ0) is 13.0. The number of rotatable bonds is 5. The molecule has 0 spiro atoms. The van der Waals surface area contributed by atoms with Crippen LogP contribution in [0.5, 0.6) is 0 Å². The minimum atomic E-state index is -0.748. The molecule has 0 aliphatic rings. The van der Waals surface area contributed by atoms with Crippen molar-refractivity contribution in [3.8, 4) is 0 Å². The fourth-order valence-electron chi connectivity index (χ4n) is 0.885. The average Bonchev–Trinajstić information content (AvgIpc) is 2.74. The Morgan fingerprint density at radius 2 is 2.12 bits per heavy atom. The van der Waals surface area contributed by atoms with Crippen LogP contribution >= 0.6 is 0 Å². The quantitative estimate of drug-likeness (QED) is 0.569. The fourth-order valence-corrected chi connectivity index (χ4v) is 0.885. The zero-order valence-corrected chi connectivity index (χ0v) is 9.22. The Morgan fingerprint density at radius 3 is 2.59 bits per heavy atom. The molecule has 0 aliphatic heterocycles. The second-order valence-electron chi connectivity index (χ2n) is 3.33. The first-order chi connectivity index (χ1) is 7.91. The Hall–Kier alpha value is -2.22. The molecule has 0 saturated heterocycles. The summed E-state index contributed by atoms with van der Waals surface area (Å²) in [6.07, 6.45) is 0. The minimum absolute atomic E-state index is 0.157. The molecule has 1 unspecified atom stereocenters. The first kappa shape index (κ1) is 12.8. The van der Waals surface area contributed by atoms with Crippen molar-refractivity contribution < 1.29 is 18.9 Å². The van der Waals surface area contributed by atoms with Crippen LogP contribution in [0.4, 0.5) is 5.88 Å². The number of hydrogen-bond acceptors (Lipinski definition) is 6. The lowest BCUT2D eigenvalue weighted by molar-refractivity contribution is -0.402. The Balaban J connectivity index is 2.58. The van der Waals surface area contributed by atoms with Gasteiger partial charge >= 0.3 is 11.8 Å². The summed E-state index contributed by atoms with van der Waals surface area (Å²) in [7, 11) is 0. The summed E-state index contributed by atoms with van der Waals surface area (Å²) >= 11 is 0. The highest BCUT2D eigenvalue weighted by Gasteiger charge is 2.17. The highest BCUT2D eigenvalue weighted by molar-refractivity contribution is 5.91. The van der Waals surface area contributed by atoms with Crippen molar-refractivity contribution in [3.05, 3.63) is 28.0 Å². The molecular formula is C9H11N3O5. The van der Waals surface area contributed by atoms with Gasteiger partial charge in [0.25, 0.3) is 0 Å². The van der Waals surface area contributed by atoms with Crippen molar-refractivity contribution in [1.29, 1.82) is 0 Å². The Bertz CT molecular complexity index is 453. The van der Waals surface area contributed by atoms with Crippen molar-refractivity contribution in [2.24, 2.45) is 0 Å². The summed E-state index contributed by atoms with van der Waals surface area (Å²) in [4.78, 5) is 31.8. The third-order valence-corrected chi connectivity index (χ3v) is 2.01. The van der Waals surface area contributed by atoms with Crippen LogP contribution in [-0.4, -0.2) is 22.7 Å². The maximum absolute atomic E-state index is 11.4. The van der Waals surface area contributed by atoms with E-state index in [1.807, 2.05) is 0 Å². The standard InChI is InChI=1S/C9H11N3O5/c1-5(6(2)13)10-11-9(14)7-3-4-8(17-7)12(15)16/h3-5,10H,1-2H3,(H,11,14). The van der Waals surface area contributed by atoms with Crippen LogP contribution in [0.3, 0.4) is 0 Å². The van der Waals surface area contributed by atoms with Gasteiger partial charge in [0.15, 0.2) is 5.76 Å². The van der Waals surface area contributed by atoms with Gasteiger partial charge in [0, 0.05) is 0 Å². The van der Waals surface area contributed by atoms with E-state index in [0.717, 1.165) is 6.07 Å². The molecule has 1 aromatic heterocycles. The molecule has 1 rings (SSSR count). The van der Waals surface area contributed by atoms with Crippen LogP contribution in [0.15, 0.2) is 16.5 Å². The Morgan fingerprint density at radius 1 is 1.47 bits per heavy atom.